The van der Waals surface area contributed by atoms with Crippen LogP contribution in [0, 0.1) is 55.4 Å². The van der Waals surface area contributed by atoms with E-state index in [-0.39, 0.29) is 11.3 Å². The van der Waals surface area contributed by atoms with Crippen LogP contribution >= 0.6 is 7.80 Å². The molecule has 0 bridgehead atoms. The van der Waals surface area contributed by atoms with Gasteiger partial charge in [-0.1, -0.05) is 41.0 Å². The van der Waals surface area contributed by atoms with E-state index in [1.54, 1.807) is 12.1 Å². The monoisotopic (exact) mass is 445 g/mol. The Kier molecular flexibility index (Phi) is 6.62. The Morgan fingerprint density at radius 1 is 0.625 bits per heavy atom. The third kappa shape index (κ3) is 3.87. The summed E-state index contributed by atoms with van der Waals surface area (Å²) in [6, 6.07) is 11.1. The third-order valence-electron chi connectivity index (χ3n) is 6.81. The third-order valence-corrected chi connectivity index (χ3v) is 8.48. The Labute approximate surface area is 191 Å². The van der Waals surface area contributed by atoms with Gasteiger partial charge in [0.1, 0.15) is 0 Å². The summed E-state index contributed by atoms with van der Waals surface area (Å²) in [7, 11) is -2.33. The highest BCUT2D eigenvalue weighted by molar-refractivity contribution is 7.71. The minimum atomic E-state index is -2.33. The molecule has 0 spiro atoms. The maximum Gasteiger partial charge on any atom is 0.459 e. The molecule has 4 heteroatoms. The van der Waals surface area contributed by atoms with E-state index in [2.05, 4.69) is 0 Å². The molecule has 3 aromatic carbocycles. The average molecular weight is 446 g/mol. The number of hydrogen-bond acceptors (Lipinski definition) is 3. The largest absolute Gasteiger partial charge is 0.459 e. The van der Waals surface area contributed by atoms with Crippen molar-refractivity contribution >= 4 is 24.4 Å². The first kappa shape index (κ1) is 23.8. The molecule has 32 heavy (non-hydrogen) atoms. The SMILES string of the molecule is Cc1cc(C)c(C(=O)[P+](=O)c2c(C)c(C)c(C(=O)c3ccccc3)c(C)c2C)c(C)c1C. The number of rotatable bonds is 5. The lowest BCUT2D eigenvalue weighted by Crippen LogP contribution is -2.20. The summed E-state index contributed by atoms with van der Waals surface area (Å²) in [4.78, 5) is 26.7. The molecule has 0 aliphatic rings. The predicted octanol–water partition coefficient (Wildman–Crippen LogP) is 6.68. The van der Waals surface area contributed by atoms with Gasteiger partial charge in [0.2, 0.25) is 5.30 Å². The van der Waals surface area contributed by atoms with Crippen molar-refractivity contribution < 1.29 is 14.2 Å². The highest BCUT2D eigenvalue weighted by atomic mass is 31.1. The lowest BCUT2D eigenvalue weighted by atomic mass is 9.89. The van der Waals surface area contributed by atoms with Crippen molar-refractivity contribution in [3.05, 3.63) is 97.6 Å². The van der Waals surface area contributed by atoms with E-state index in [1.165, 1.54) is 0 Å². The highest BCUT2D eigenvalue weighted by Crippen LogP contribution is 2.36. The van der Waals surface area contributed by atoms with E-state index in [0.717, 1.165) is 44.5 Å². The molecule has 0 aliphatic heterocycles. The summed E-state index contributed by atoms with van der Waals surface area (Å²) < 4.78 is 13.7. The number of carbonyl (C=O) groups excluding carboxylic acids is 2. The van der Waals surface area contributed by atoms with Crippen molar-refractivity contribution in [2.24, 2.45) is 0 Å². The van der Waals surface area contributed by atoms with Crippen molar-refractivity contribution in [2.45, 2.75) is 55.4 Å². The zero-order valence-electron chi connectivity index (χ0n) is 20.1. The van der Waals surface area contributed by atoms with Crippen LogP contribution in [0.1, 0.15) is 70.8 Å². The highest BCUT2D eigenvalue weighted by Gasteiger charge is 2.40. The van der Waals surface area contributed by atoms with Gasteiger partial charge in [0, 0.05) is 22.3 Å². The van der Waals surface area contributed by atoms with Gasteiger partial charge in [-0.05, 0) is 88.8 Å². The zero-order chi connectivity index (χ0) is 23.9. The first-order valence-corrected chi connectivity index (χ1v) is 12.0. The molecule has 0 aromatic heterocycles. The fourth-order valence-electron chi connectivity index (χ4n) is 4.49. The van der Waals surface area contributed by atoms with Crippen LogP contribution in [0.15, 0.2) is 36.4 Å². The Morgan fingerprint density at radius 3 is 1.66 bits per heavy atom. The normalized spacial score (nSPS) is 11.4. The van der Waals surface area contributed by atoms with E-state index in [1.807, 2.05) is 79.7 Å². The Morgan fingerprint density at radius 2 is 1.12 bits per heavy atom. The topological polar surface area (TPSA) is 51.2 Å². The smallest absolute Gasteiger partial charge is 0.289 e. The lowest BCUT2D eigenvalue weighted by Gasteiger charge is -2.16. The molecule has 1 atom stereocenters. The zero-order valence-corrected chi connectivity index (χ0v) is 21.0. The number of ketones is 1. The van der Waals surface area contributed by atoms with Crippen LogP contribution in [0.3, 0.4) is 0 Å². The quantitative estimate of drug-likeness (QED) is 0.325. The molecule has 3 aromatic rings. The molecule has 0 aliphatic carbocycles. The standard InChI is InChI=1S/C28H30O3P/c1-15-14-16(2)24(18(4)17(15)3)28(30)32(31)27-21(7)19(5)25(20(6)22(27)8)26(29)23-12-10-9-11-13-23/h9-14H,1-8H3/q+1. The molecule has 0 saturated heterocycles. The van der Waals surface area contributed by atoms with E-state index in [0.29, 0.717) is 22.0 Å². The molecular weight excluding hydrogens is 415 g/mol. The molecule has 0 radical (unpaired) electrons. The Balaban J connectivity index is 2.16. The van der Waals surface area contributed by atoms with E-state index < -0.39 is 7.80 Å². The molecule has 0 fully saturated rings. The van der Waals surface area contributed by atoms with Gasteiger partial charge in [-0.15, -0.1) is 0 Å². The molecular formula is C28H30O3P+. The van der Waals surface area contributed by atoms with Crippen molar-refractivity contribution in [3.63, 3.8) is 0 Å². The summed E-state index contributed by atoms with van der Waals surface area (Å²) in [5.74, 6) is -0.0549. The van der Waals surface area contributed by atoms with Gasteiger partial charge >= 0.3 is 13.3 Å². The number of aryl methyl sites for hydroxylation is 2. The van der Waals surface area contributed by atoms with Crippen molar-refractivity contribution in [1.82, 2.24) is 0 Å². The van der Waals surface area contributed by atoms with Gasteiger partial charge in [-0.2, -0.15) is 0 Å². The Bertz CT molecular complexity index is 1260. The second-order valence-corrected chi connectivity index (χ2v) is 10.1. The number of hydrogen-bond donors (Lipinski definition) is 0. The maximum atomic E-state index is 13.7. The molecule has 0 N–H and O–H groups in total. The van der Waals surface area contributed by atoms with Gasteiger partial charge in [0.25, 0.3) is 0 Å². The molecule has 164 valence electrons. The van der Waals surface area contributed by atoms with E-state index in [9.17, 15) is 14.2 Å². The van der Waals surface area contributed by atoms with E-state index in [4.69, 9.17) is 0 Å². The second kappa shape index (κ2) is 8.92. The van der Waals surface area contributed by atoms with Crippen LogP contribution in [0.25, 0.3) is 0 Å². The molecule has 0 saturated carbocycles. The minimum Gasteiger partial charge on any atom is -0.289 e. The van der Waals surface area contributed by atoms with Crippen LogP contribution in [0.2, 0.25) is 0 Å². The first-order chi connectivity index (χ1) is 15.0. The summed E-state index contributed by atoms with van der Waals surface area (Å²) in [6.07, 6.45) is 0. The molecule has 1 unspecified atom stereocenters. The summed E-state index contributed by atoms with van der Waals surface area (Å²) in [6.45, 7) is 15.3. The predicted molar refractivity (Wildman–Crippen MR) is 132 cm³/mol. The van der Waals surface area contributed by atoms with E-state index >= 15 is 0 Å². The first-order valence-electron chi connectivity index (χ1n) is 10.8. The minimum absolute atomic E-state index is 0.0549. The summed E-state index contributed by atoms with van der Waals surface area (Å²) >= 11 is 0. The fourth-order valence-corrected chi connectivity index (χ4v) is 6.18. The molecule has 0 heterocycles. The summed E-state index contributed by atoms with van der Waals surface area (Å²) in [5, 5.41) is 0.557. The van der Waals surface area contributed by atoms with Crippen molar-refractivity contribution in [1.29, 1.82) is 0 Å². The van der Waals surface area contributed by atoms with Gasteiger partial charge in [0.15, 0.2) is 5.78 Å². The van der Waals surface area contributed by atoms with Gasteiger partial charge in [-0.25, -0.2) is 4.79 Å². The maximum absolute atomic E-state index is 13.7. The Hall–Kier alpha value is -2.90. The van der Waals surface area contributed by atoms with Crippen molar-refractivity contribution in [3.8, 4) is 0 Å². The van der Waals surface area contributed by atoms with Crippen LogP contribution in [0.5, 0.6) is 0 Å². The van der Waals surface area contributed by atoms with Crippen LogP contribution in [-0.2, 0) is 4.57 Å². The number of benzene rings is 3. The van der Waals surface area contributed by atoms with Crippen LogP contribution in [0.4, 0.5) is 0 Å². The molecule has 3 rings (SSSR count). The number of carbonyl (C=O) groups is 2. The van der Waals surface area contributed by atoms with Gasteiger partial charge in [0.05, 0.1) is 5.56 Å². The van der Waals surface area contributed by atoms with Crippen LogP contribution in [-0.4, -0.2) is 11.3 Å². The van der Waals surface area contributed by atoms with Crippen LogP contribution < -0.4 is 5.30 Å². The molecule has 0 amide bonds. The molecule has 3 nitrogen and oxygen atoms in total. The van der Waals surface area contributed by atoms with Gasteiger partial charge < -0.3 is 0 Å². The van der Waals surface area contributed by atoms with Gasteiger partial charge in [-0.3, -0.25) is 4.79 Å². The lowest BCUT2D eigenvalue weighted by molar-refractivity contribution is 0.103. The second-order valence-electron chi connectivity index (χ2n) is 8.65. The average Bonchev–Trinajstić information content (AvgIpc) is 2.76. The van der Waals surface area contributed by atoms with Crippen molar-refractivity contribution in [2.75, 3.05) is 0 Å². The fraction of sp³-hybridized carbons (Fsp3) is 0.286. The summed E-state index contributed by atoms with van der Waals surface area (Å²) in [5.41, 5.74) is 8.41.